The summed E-state index contributed by atoms with van der Waals surface area (Å²) in [6, 6.07) is 19.2. The van der Waals surface area contributed by atoms with Crippen molar-refractivity contribution < 1.29 is 23.6 Å². The zero-order chi connectivity index (χ0) is 35.9. The highest BCUT2D eigenvalue weighted by molar-refractivity contribution is 6.30. The highest BCUT2D eigenvalue weighted by Gasteiger charge is 2.31. The number of fused-ring (bicyclic) bond motifs is 1. The van der Waals surface area contributed by atoms with Crippen LogP contribution in [-0.4, -0.2) is 99.9 Å². The summed E-state index contributed by atoms with van der Waals surface area (Å²) in [6.07, 6.45) is 0.177. The van der Waals surface area contributed by atoms with Crippen molar-refractivity contribution in [1.82, 2.24) is 20.4 Å². The number of carbonyl (C=O) groups excluding carboxylic acids is 4. The van der Waals surface area contributed by atoms with Gasteiger partial charge in [0.05, 0.1) is 10.9 Å². The molecule has 0 spiro atoms. The van der Waals surface area contributed by atoms with E-state index in [0.29, 0.717) is 49.0 Å². The van der Waals surface area contributed by atoms with Crippen molar-refractivity contribution >= 4 is 57.6 Å². The SMILES string of the molecule is CC(=O)N(C)c1ccc2oc(C(=O)N[C@H](Cc3ccc(Cl)cc3)C(=O)N3CCN(c4ccccc4C(=O)NCCN(C)C)CC3)cc(=O)c2c1. The van der Waals surface area contributed by atoms with Crippen molar-refractivity contribution in [1.29, 1.82) is 0 Å². The van der Waals surface area contributed by atoms with Crippen LogP contribution >= 0.6 is 11.6 Å². The molecule has 0 radical (unpaired) electrons. The van der Waals surface area contributed by atoms with Crippen LogP contribution in [0.2, 0.25) is 5.02 Å². The number of nitrogens with one attached hydrogen (secondary N) is 2. The second-order valence-corrected chi connectivity index (χ2v) is 12.9. The van der Waals surface area contributed by atoms with Gasteiger partial charge in [-0.15, -0.1) is 0 Å². The molecule has 0 unspecified atom stereocenters. The molecule has 262 valence electrons. The third-order valence-electron chi connectivity index (χ3n) is 8.68. The van der Waals surface area contributed by atoms with Crippen molar-refractivity contribution in [3.63, 3.8) is 0 Å². The van der Waals surface area contributed by atoms with Gasteiger partial charge in [0.1, 0.15) is 11.6 Å². The zero-order valence-corrected chi connectivity index (χ0v) is 29.3. The maximum atomic E-state index is 14.0. The van der Waals surface area contributed by atoms with Crippen LogP contribution in [0.15, 0.2) is 82.0 Å². The van der Waals surface area contributed by atoms with E-state index in [9.17, 15) is 24.0 Å². The standard InChI is InChI=1S/C37H41ClN6O6/c1-24(45)42(4)27-13-14-33-29(22-27)32(46)23-34(50-33)36(48)40-30(21-25-9-11-26(38)12-10-25)37(49)44-19-17-43(18-20-44)31-8-6-5-7-28(31)35(47)39-15-16-41(2)3/h5-14,22-23,30H,15-21H2,1-4H3,(H,39,47)(H,40,48)/t30-/m1/s1. The van der Waals surface area contributed by atoms with Crippen LogP contribution in [0.1, 0.15) is 33.4 Å². The molecule has 4 aromatic rings. The molecule has 3 aromatic carbocycles. The molecule has 2 N–H and O–H groups in total. The molecule has 4 amide bonds. The van der Waals surface area contributed by atoms with Crippen molar-refractivity contribution in [2.45, 2.75) is 19.4 Å². The fourth-order valence-corrected chi connectivity index (χ4v) is 5.88. The molecule has 1 atom stereocenters. The maximum Gasteiger partial charge on any atom is 0.287 e. The first-order valence-electron chi connectivity index (χ1n) is 16.3. The average Bonchev–Trinajstić information content (AvgIpc) is 3.11. The summed E-state index contributed by atoms with van der Waals surface area (Å²) in [7, 11) is 5.48. The summed E-state index contributed by atoms with van der Waals surface area (Å²) in [6.45, 7) is 4.35. The Hall–Kier alpha value is -5.20. The van der Waals surface area contributed by atoms with E-state index in [2.05, 4.69) is 15.5 Å². The predicted molar refractivity (Wildman–Crippen MR) is 194 cm³/mol. The Labute approximate surface area is 295 Å². The van der Waals surface area contributed by atoms with E-state index in [1.54, 1.807) is 48.3 Å². The van der Waals surface area contributed by atoms with Crippen LogP contribution in [-0.2, 0) is 16.0 Å². The van der Waals surface area contributed by atoms with E-state index in [1.165, 1.54) is 24.0 Å². The number of halogens is 1. The molecular weight excluding hydrogens is 660 g/mol. The molecule has 1 aromatic heterocycles. The lowest BCUT2D eigenvalue weighted by Crippen LogP contribution is -2.55. The number of piperazine rings is 1. The summed E-state index contributed by atoms with van der Waals surface area (Å²) in [5, 5.41) is 6.53. The molecule has 0 aliphatic carbocycles. The molecule has 1 fully saturated rings. The molecule has 12 nitrogen and oxygen atoms in total. The quantitative estimate of drug-likeness (QED) is 0.243. The van der Waals surface area contributed by atoms with Crippen LogP contribution in [0.3, 0.4) is 0 Å². The largest absolute Gasteiger partial charge is 0.451 e. The smallest absolute Gasteiger partial charge is 0.287 e. The molecule has 50 heavy (non-hydrogen) atoms. The Morgan fingerprint density at radius 1 is 0.900 bits per heavy atom. The zero-order valence-electron chi connectivity index (χ0n) is 28.6. The molecule has 1 saturated heterocycles. The number of rotatable bonds is 11. The van der Waals surface area contributed by atoms with Gasteiger partial charge in [0.15, 0.2) is 11.2 Å². The molecule has 5 rings (SSSR count). The number of nitrogens with zero attached hydrogens (tertiary/aromatic N) is 4. The fourth-order valence-electron chi connectivity index (χ4n) is 5.75. The second kappa shape index (κ2) is 16.0. The van der Waals surface area contributed by atoms with Crippen LogP contribution < -0.4 is 25.9 Å². The van der Waals surface area contributed by atoms with Gasteiger partial charge >= 0.3 is 0 Å². The van der Waals surface area contributed by atoms with Crippen LogP contribution in [0.4, 0.5) is 11.4 Å². The number of para-hydroxylation sites is 1. The monoisotopic (exact) mass is 700 g/mol. The number of hydrogen-bond acceptors (Lipinski definition) is 8. The van der Waals surface area contributed by atoms with E-state index >= 15 is 0 Å². The number of carbonyl (C=O) groups is 4. The normalized spacial score (nSPS) is 13.6. The summed E-state index contributed by atoms with van der Waals surface area (Å²) in [4.78, 5) is 72.7. The number of amides is 4. The lowest BCUT2D eigenvalue weighted by molar-refractivity contribution is -0.133. The van der Waals surface area contributed by atoms with Crippen molar-refractivity contribution in [2.24, 2.45) is 0 Å². The van der Waals surface area contributed by atoms with E-state index in [1.807, 2.05) is 37.2 Å². The second-order valence-electron chi connectivity index (χ2n) is 12.5. The van der Waals surface area contributed by atoms with Crippen LogP contribution in [0.5, 0.6) is 0 Å². The Balaban J connectivity index is 1.32. The lowest BCUT2D eigenvalue weighted by Gasteiger charge is -2.38. The Bertz CT molecular complexity index is 1940. The number of hydrogen-bond donors (Lipinski definition) is 2. The van der Waals surface area contributed by atoms with E-state index in [4.69, 9.17) is 16.0 Å². The third kappa shape index (κ3) is 8.68. The van der Waals surface area contributed by atoms with Gasteiger partial charge in [-0.25, -0.2) is 0 Å². The van der Waals surface area contributed by atoms with Crippen molar-refractivity contribution in [3.05, 3.63) is 105 Å². The van der Waals surface area contributed by atoms with Crippen molar-refractivity contribution in [3.8, 4) is 0 Å². The van der Waals surface area contributed by atoms with E-state index < -0.39 is 17.4 Å². The molecule has 13 heteroatoms. The molecule has 1 aliphatic rings. The van der Waals surface area contributed by atoms with Gasteiger partial charge in [0, 0.05) is 82.1 Å². The van der Waals surface area contributed by atoms with Gasteiger partial charge in [-0.2, -0.15) is 0 Å². The first-order valence-corrected chi connectivity index (χ1v) is 16.7. The highest BCUT2D eigenvalue weighted by Crippen LogP contribution is 2.24. The Morgan fingerprint density at radius 2 is 1.60 bits per heavy atom. The maximum absolute atomic E-state index is 14.0. The molecule has 2 heterocycles. The topological polar surface area (TPSA) is 136 Å². The lowest BCUT2D eigenvalue weighted by atomic mass is 10.0. The number of anilines is 2. The Kier molecular flexibility index (Phi) is 11.6. The van der Waals surface area contributed by atoms with Gasteiger partial charge in [-0.1, -0.05) is 35.9 Å². The van der Waals surface area contributed by atoms with Crippen LogP contribution in [0.25, 0.3) is 11.0 Å². The van der Waals surface area contributed by atoms with Gasteiger partial charge in [0.25, 0.3) is 11.8 Å². The minimum atomic E-state index is -0.974. The summed E-state index contributed by atoms with van der Waals surface area (Å²) < 4.78 is 5.82. The summed E-state index contributed by atoms with van der Waals surface area (Å²) in [5.74, 6) is -1.60. The first kappa shape index (κ1) is 36.1. The van der Waals surface area contributed by atoms with Crippen LogP contribution in [0, 0.1) is 0 Å². The predicted octanol–water partition coefficient (Wildman–Crippen LogP) is 3.41. The Morgan fingerprint density at radius 3 is 2.28 bits per heavy atom. The van der Waals surface area contributed by atoms with Crippen molar-refractivity contribution in [2.75, 3.05) is 70.2 Å². The van der Waals surface area contributed by atoms with Gasteiger partial charge in [-0.3, -0.25) is 24.0 Å². The van der Waals surface area contributed by atoms with E-state index in [-0.39, 0.29) is 40.9 Å². The fraction of sp³-hybridized carbons (Fsp3) is 0.324. The summed E-state index contributed by atoms with van der Waals surface area (Å²) >= 11 is 6.10. The molecule has 0 bridgehead atoms. The minimum absolute atomic E-state index is 0.157. The van der Waals surface area contributed by atoms with Gasteiger partial charge in [0.2, 0.25) is 11.8 Å². The average molecular weight is 701 g/mol. The minimum Gasteiger partial charge on any atom is -0.451 e. The number of likely N-dealkylation sites (N-methyl/N-ethyl adjacent to an activating group) is 1. The third-order valence-corrected chi connectivity index (χ3v) is 8.93. The van der Waals surface area contributed by atoms with E-state index in [0.717, 1.165) is 23.9 Å². The molecule has 0 saturated carbocycles. The summed E-state index contributed by atoms with van der Waals surface area (Å²) in [5.41, 5.74) is 2.36. The molecule has 1 aliphatic heterocycles. The number of benzene rings is 3. The van der Waals surface area contributed by atoms with Gasteiger partial charge < -0.3 is 34.7 Å². The first-order chi connectivity index (χ1) is 23.9. The molecular formula is C37H41ClN6O6. The highest BCUT2D eigenvalue weighted by atomic mass is 35.5. The van der Waals surface area contributed by atoms with Gasteiger partial charge in [-0.05, 0) is 62.1 Å².